The first-order chi connectivity index (χ1) is 12.9. The number of amidine groups is 1. The van der Waals surface area contributed by atoms with Crippen molar-refractivity contribution in [2.45, 2.75) is 83.8 Å². The zero-order chi connectivity index (χ0) is 19.4. The summed E-state index contributed by atoms with van der Waals surface area (Å²) in [4.78, 5) is 11.9. The highest BCUT2D eigenvalue weighted by atomic mass is 35.5. The monoisotopic (exact) mass is 387 g/mol. The molecule has 3 nitrogen and oxygen atoms in total. The van der Waals surface area contributed by atoms with Crippen LogP contribution in [0, 0.1) is 11.3 Å². The summed E-state index contributed by atoms with van der Waals surface area (Å²) in [6.45, 7) is 10.1. The molecule has 2 unspecified atom stereocenters. The number of alkyl halides is 1. The fourth-order valence-corrected chi connectivity index (χ4v) is 4.82. The topological polar surface area (TPSA) is 28.0 Å². The lowest BCUT2D eigenvalue weighted by Crippen LogP contribution is -2.47. The van der Waals surface area contributed by atoms with Gasteiger partial charge in [0.25, 0.3) is 0 Å². The van der Waals surface area contributed by atoms with E-state index in [4.69, 9.17) is 16.6 Å². The van der Waals surface area contributed by atoms with Gasteiger partial charge in [0, 0.05) is 6.54 Å². The molecule has 0 saturated heterocycles. The van der Waals surface area contributed by atoms with Crippen LogP contribution in [0.1, 0.15) is 65.4 Å². The van der Waals surface area contributed by atoms with Crippen LogP contribution in [-0.4, -0.2) is 34.5 Å². The van der Waals surface area contributed by atoms with E-state index in [1.165, 1.54) is 18.4 Å². The van der Waals surface area contributed by atoms with Gasteiger partial charge in [-0.2, -0.15) is 0 Å². The number of hydrogen-bond donors (Lipinski definition) is 0. The third-order valence-electron chi connectivity index (χ3n) is 6.21. The summed E-state index contributed by atoms with van der Waals surface area (Å²) in [5, 5.41) is -0.135. The molecule has 3 rings (SSSR count). The summed E-state index contributed by atoms with van der Waals surface area (Å²) < 4.78 is 0. The summed E-state index contributed by atoms with van der Waals surface area (Å²) in [6.07, 6.45) is 7.80. The molecule has 27 heavy (non-hydrogen) atoms. The average Bonchev–Trinajstić information content (AvgIpc) is 2.65. The van der Waals surface area contributed by atoms with Crippen molar-refractivity contribution in [3.05, 3.63) is 35.9 Å². The Morgan fingerprint density at radius 2 is 1.78 bits per heavy atom. The molecule has 148 valence electrons. The molecular formula is C23H34ClN3. The van der Waals surface area contributed by atoms with E-state index >= 15 is 0 Å². The van der Waals surface area contributed by atoms with Crippen LogP contribution in [0.5, 0.6) is 0 Å². The molecular weight excluding hydrogens is 354 g/mol. The Morgan fingerprint density at radius 1 is 1.11 bits per heavy atom. The van der Waals surface area contributed by atoms with E-state index in [2.05, 4.69) is 67.9 Å². The Labute approximate surface area is 169 Å². The maximum absolute atomic E-state index is 6.84. The van der Waals surface area contributed by atoms with Crippen LogP contribution >= 0.6 is 11.6 Å². The quantitative estimate of drug-likeness (QED) is 0.589. The van der Waals surface area contributed by atoms with Crippen molar-refractivity contribution >= 4 is 23.8 Å². The van der Waals surface area contributed by atoms with Gasteiger partial charge in [0.1, 0.15) is 11.2 Å². The van der Waals surface area contributed by atoms with E-state index < -0.39 is 0 Å². The van der Waals surface area contributed by atoms with Gasteiger partial charge in [0.15, 0.2) is 0 Å². The summed E-state index contributed by atoms with van der Waals surface area (Å²) in [5.74, 6) is 1.65. The molecule has 0 spiro atoms. The third kappa shape index (κ3) is 5.13. The van der Waals surface area contributed by atoms with Crippen molar-refractivity contribution in [3.8, 4) is 0 Å². The molecule has 0 N–H and O–H groups in total. The maximum atomic E-state index is 6.84. The molecule has 0 radical (unpaired) electrons. The van der Waals surface area contributed by atoms with Crippen LogP contribution in [-0.2, 0) is 6.54 Å². The molecule has 1 saturated carbocycles. The fourth-order valence-electron chi connectivity index (χ4n) is 4.39. The lowest BCUT2D eigenvalue weighted by Gasteiger charge is -2.38. The molecule has 0 bridgehead atoms. The van der Waals surface area contributed by atoms with Gasteiger partial charge in [-0.05, 0) is 49.0 Å². The van der Waals surface area contributed by atoms with Gasteiger partial charge in [0.05, 0.1) is 18.4 Å². The zero-order valence-corrected chi connectivity index (χ0v) is 18.0. The highest BCUT2D eigenvalue weighted by Crippen LogP contribution is 2.38. The van der Waals surface area contributed by atoms with Crippen LogP contribution in [0.3, 0.4) is 0 Å². The minimum absolute atomic E-state index is 0.135. The molecule has 2 aliphatic rings. The molecule has 0 aromatic heterocycles. The molecule has 1 fully saturated rings. The molecule has 1 aliphatic heterocycles. The second-order valence-corrected chi connectivity index (χ2v) is 9.61. The van der Waals surface area contributed by atoms with Gasteiger partial charge in [-0.1, -0.05) is 58.0 Å². The zero-order valence-electron chi connectivity index (χ0n) is 17.2. The van der Waals surface area contributed by atoms with E-state index in [1.807, 2.05) is 6.34 Å². The SMILES string of the molecule is CCC1C(Cl)C(=NC2CCC(C(C)(C)C)CC2)N=CN1Cc1ccccc1. The summed E-state index contributed by atoms with van der Waals surface area (Å²) in [6, 6.07) is 11.1. The normalized spacial score (nSPS) is 30.7. The molecule has 1 aromatic carbocycles. The van der Waals surface area contributed by atoms with Crippen LogP contribution < -0.4 is 0 Å². The number of hydrogen-bond acceptors (Lipinski definition) is 2. The third-order valence-corrected chi connectivity index (χ3v) is 6.70. The summed E-state index contributed by atoms with van der Waals surface area (Å²) in [5.41, 5.74) is 1.69. The minimum Gasteiger partial charge on any atom is -0.353 e. The van der Waals surface area contributed by atoms with E-state index in [1.54, 1.807) is 0 Å². The number of aliphatic imine (C=N–C) groups is 2. The van der Waals surface area contributed by atoms with E-state index in [0.29, 0.717) is 11.5 Å². The van der Waals surface area contributed by atoms with Gasteiger partial charge in [-0.3, -0.25) is 4.99 Å². The Balaban J connectivity index is 1.67. The standard InChI is InChI=1S/C23H34ClN3/c1-5-20-21(24)22(25-16-27(20)15-17-9-7-6-8-10-17)26-19-13-11-18(12-14-19)23(2,3)4/h6-10,16,18-21H,5,11-15H2,1-4H3. The smallest absolute Gasteiger partial charge is 0.145 e. The Morgan fingerprint density at radius 3 is 2.37 bits per heavy atom. The molecule has 1 aromatic rings. The second-order valence-electron chi connectivity index (χ2n) is 9.14. The first-order valence-corrected chi connectivity index (χ1v) is 10.9. The molecule has 4 heteroatoms. The van der Waals surface area contributed by atoms with Gasteiger partial charge in [-0.15, -0.1) is 11.6 Å². The molecule has 2 atom stereocenters. The predicted octanol–water partition coefficient (Wildman–Crippen LogP) is 5.92. The van der Waals surface area contributed by atoms with Gasteiger partial charge >= 0.3 is 0 Å². The van der Waals surface area contributed by atoms with Crippen molar-refractivity contribution in [1.29, 1.82) is 0 Å². The fraction of sp³-hybridized carbons (Fsp3) is 0.652. The first kappa shape index (κ1) is 20.4. The highest BCUT2D eigenvalue weighted by Gasteiger charge is 2.33. The number of halogens is 1. The Kier molecular flexibility index (Phi) is 6.62. The highest BCUT2D eigenvalue weighted by molar-refractivity contribution is 6.33. The Hall–Kier alpha value is -1.35. The molecule has 1 aliphatic carbocycles. The largest absolute Gasteiger partial charge is 0.353 e. The van der Waals surface area contributed by atoms with Crippen LogP contribution in [0.2, 0.25) is 0 Å². The van der Waals surface area contributed by atoms with Crippen LogP contribution in [0.25, 0.3) is 0 Å². The summed E-state index contributed by atoms with van der Waals surface area (Å²) >= 11 is 6.84. The second kappa shape index (κ2) is 8.77. The van der Waals surface area contributed by atoms with Gasteiger partial charge in [-0.25, -0.2) is 4.99 Å². The Bertz CT molecular complexity index is 654. The van der Waals surface area contributed by atoms with E-state index in [9.17, 15) is 0 Å². The number of nitrogens with zero attached hydrogens (tertiary/aromatic N) is 3. The van der Waals surface area contributed by atoms with Crippen molar-refractivity contribution in [2.75, 3.05) is 0 Å². The number of rotatable bonds is 4. The maximum Gasteiger partial charge on any atom is 0.145 e. The first-order valence-electron chi connectivity index (χ1n) is 10.4. The lowest BCUT2D eigenvalue weighted by atomic mass is 9.71. The molecule has 0 amide bonds. The van der Waals surface area contributed by atoms with Gasteiger partial charge < -0.3 is 4.90 Å². The average molecular weight is 388 g/mol. The van der Waals surface area contributed by atoms with E-state index in [0.717, 1.165) is 37.6 Å². The van der Waals surface area contributed by atoms with Crippen molar-refractivity contribution in [3.63, 3.8) is 0 Å². The van der Waals surface area contributed by atoms with Crippen LogP contribution in [0.15, 0.2) is 40.3 Å². The molecule has 1 heterocycles. The van der Waals surface area contributed by atoms with Crippen LogP contribution in [0.4, 0.5) is 0 Å². The van der Waals surface area contributed by atoms with Crippen molar-refractivity contribution in [1.82, 2.24) is 4.90 Å². The summed E-state index contributed by atoms with van der Waals surface area (Å²) in [7, 11) is 0. The lowest BCUT2D eigenvalue weighted by molar-refractivity contribution is 0.170. The van der Waals surface area contributed by atoms with Crippen molar-refractivity contribution < 1.29 is 0 Å². The number of benzene rings is 1. The minimum atomic E-state index is -0.135. The van der Waals surface area contributed by atoms with E-state index in [-0.39, 0.29) is 11.4 Å². The van der Waals surface area contributed by atoms with Crippen molar-refractivity contribution in [2.24, 2.45) is 21.3 Å². The predicted molar refractivity (Wildman–Crippen MR) is 117 cm³/mol. The van der Waals surface area contributed by atoms with Gasteiger partial charge in [0.2, 0.25) is 0 Å².